The molecule has 0 aliphatic carbocycles. The van der Waals surface area contributed by atoms with Gasteiger partial charge in [-0.15, -0.1) is 0 Å². The highest BCUT2D eigenvalue weighted by atomic mass is 16.5. The number of ether oxygens (including phenoxy) is 1. The van der Waals surface area contributed by atoms with E-state index in [-0.39, 0.29) is 11.1 Å². The molecule has 4 rings (SSSR count). The number of rotatable bonds is 6. The van der Waals surface area contributed by atoms with Crippen LogP contribution in [0.15, 0.2) is 84.9 Å². The second-order valence-electron chi connectivity index (χ2n) is 6.83. The molecule has 0 atom stereocenters. The van der Waals surface area contributed by atoms with Crippen molar-refractivity contribution in [2.45, 2.75) is 6.61 Å². The first-order valence-electron chi connectivity index (χ1n) is 9.33. The van der Waals surface area contributed by atoms with Gasteiger partial charge in [0.1, 0.15) is 12.4 Å². The first-order valence-corrected chi connectivity index (χ1v) is 9.33. The Morgan fingerprint density at radius 3 is 2.23 bits per heavy atom. The Kier molecular flexibility index (Phi) is 5.18. The Morgan fingerprint density at radius 2 is 1.50 bits per heavy atom. The van der Waals surface area contributed by atoms with Crippen LogP contribution in [0.25, 0.3) is 21.9 Å². The van der Waals surface area contributed by atoms with Crippen LogP contribution in [0.4, 0.5) is 0 Å². The number of carboxylic acid groups (broad SMARTS) is 2. The molecule has 0 saturated carbocycles. The quantitative estimate of drug-likeness (QED) is 0.449. The Labute approximate surface area is 172 Å². The average molecular weight is 398 g/mol. The van der Waals surface area contributed by atoms with Crippen LogP contribution in [0.5, 0.6) is 5.75 Å². The average Bonchev–Trinajstić information content (AvgIpc) is 2.77. The third kappa shape index (κ3) is 3.86. The Balaban J connectivity index is 1.58. The number of fused-ring (bicyclic) bond motifs is 1. The third-order valence-corrected chi connectivity index (χ3v) is 4.91. The van der Waals surface area contributed by atoms with Crippen molar-refractivity contribution in [2.75, 3.05) is 0 Å². The maximum absolute atomic E-state index is 11.5. The van der Waals surface area contributed by atoms with Crippen molar-refractivity contribution >= 4 is 22.7 Å². The van der Waals surface area contributed by atoms with Gasteiger partial charge in [-0.3, -0.25) is 0 Å². The predicted octanol–water partition coefficient (Wildman–Crippen LogP) is 5.48. The van der Waals surface area contributed by atoms with Gasteiger partial charge in [-0.25, -0.2) is 9.59 Å². The summed E-state index contributed by atoms with van der Waals surface area (Å²) in [5, 5.41) is 20.8. The van der Waals surface area contributed by atoms with Gasteiger partial charge in [-0.1, -0.05) is 60.7 Å². The van der Waals surface area contributed by atoms with E-state index in [2.05, 4.69) is 0 Å². The molecule has 0 spiro atoms. The molecule has 148 valence electrons. The zero-order valence-corrected chi connectivity index (χ0v) is 15.9. The highest BCUT2D eigenvalue weighted by Crippen LogP contribution is 2.28. The molecule has 0 amide bonds. The minimum absolute atomic E-state index is 0.0402. The maximum Gasteiger partial charge on any atom is 0.336 e. The van der Waals surface area contributed by atoms with Crippen LogP contribution in [-0.2, 0) is 6.61 Å². The van der Waals surface area contributed by atoms with Gasteiger partial charge in [0.05, 0.1) is 11.1 Å². The van der Waals surface area contributed by atoms with Crippen molar-refractivity contribution < 1.29 is 24.5 Å². The van der Waals surface area contributed by atoms with E-state index >= 15 is 0 Å². The minimum atomic E-state index is -1.11. The molecule has 5 heteroatoms. The largest absolute Gasteiger partial charge is 0.488 e. The molecule has 0 fully saturated rings. The van der Waals surface area contributed by atoms with Gasteiger partial charge in [-0.05, 0) is 46.3 Å². The van der Waals surface area contributed by atoms with E-state index in [1.54, 1.807) is 12.1 Å². The second-order valence-corrected chi connectivity index (χ2v) is 6.83. The van der Waals surface area contributed by atoms with E-state index in [9.17, 15) is 19.8 Å². The van der Waals surface area contributed by atoms with Crippen molar-refractivity contribution in [2.24, 2.45) is 0 Å². The highest BCUT2D eigenvalue weighted by molar-refractivity contribution is 5.99. The predicted molar refractivity (Wildman–Crippen MR) is 114 cm³/mol. The molecule has 0 aromatic heterocycles. The summed E-state index contributed by atoms with van der Waals surface area (Å²) in [4.78, 5) is 22.8. The monoisotopic (exact) mass is 398 g/mol. The molecular formula is C25H18O5. The summed E-state index contributed by atoms with van der Waals surface area (Å²) in [7, 11) is 0. The summed E-state index contributed by atoms with van der Waals surface area (Å²) in [5.74, 6) is -1.42. The fraction of sp³-hybridized carbons (Fsp3) is 0.0400. The van der Waals surface area contributed by atoms with Crippen LogP contribution in [0, 0.1) is 0 Å². The van der Waals surface area contributed by atoms with Crippen molar-refractivity contribution in [3.63, 3.8) is 0 Å². The van der Waals surface area contributed by atoms with Gasteiger partial charge in [0.2, 0.25) is 0 Å². The smallest absolute Gasteiger partial charge is 0.336 e. The van der Waals surface area contributed by atoms with E-state index in [0.29, 0.717) is 17.7 Å². The van der Waals surface area contributed by atoms with Gasteiger partial charge in [0, 0.05) is 5.39 Å². The third-order valence-electron chi connectivity index (χ3n) is 4.91. The van der Waals surface area contributed by atoms with Crippen molar-refractivity contribution in [3.05, 3.63) is 102 Å². The Morgan fingerprint density at radius 1 is 0.767 bits per heavy atom. The van der Waals surface area contributed by atoms with E-state index < -0.39 is 11.9 Å². The summed E-state index contributed by atoms with van der Waals surface area (Å²) in [6, 6.07) is 25.1. The summed E-state index contributed by atoms with van der Waals surface area (Å²) >= 11 is 0. The van der Waals surface area contributed by atoms with Crippen LogP contribution >= 0.6 is 0 Å². The van der Waals surface area contributed by atoms with Crippen LogP contribution in [0.2, 0.25) is 0 Å². The lowest BCUT2D eigenvalue weighted by Crippen LogP contribution is -2.03. The van der Waals surface area contributed by atoms with Crippen LogP contribution < -0.4 is 4.74 Å². The fourth-order valence-corrected chi connectivity index (χ4v) is 3.37. The Bertz CT molecular complexity index is 1240. The number of aromatic carboxylic acids is 2. The zero-order chi connectivity index (χ0) is 21.1. The second kappa shape index (κ2) is 8.09. The van der Waals surface area contributed by atoms with Crippen LogP contribution in [-0.4, -0.2) is 22.2 Å². The lowest BCUT2D eigenvalue weighted by Gasteiger charge is -2.11. The van der Waals surface area contributed by atoms with Gasteiger partial charge in [-0.2, -0.15) is 0 Å². The van der Waals surface area contributed by atoms with E-state index in [1.165, 1.54) is 18.2 Å². The SMILES string of the molecule is O=C(O)c1ccc(C(=O)O)c(-c2ccc(COc3cccc4ccccc34)cc2)c1. The molecule has 0 bridgehead atoms. The van der Waals surface area contributed by atoms with Crippen molar-refractivity contribution in [1.29, 1.82) is 0 Å². The molecule has 5 nitrogen and oxygen atoms in total. The van der Waals surface area contributed by atoms with E-state index in [4.69, 9.17) is 4.74 Å². The lowest BCUT2D eigenvalue weighted by molar-refractivity contribution is 0.0682. The van der Waals surface area contributed by atoms with E-state index in [1.807, 2.05) is 54.6 Å². The van der Waals surface area contributed by atoms with Gasteiger partial charge in [0.25, 0.3) is 0 Å². The summed E-state index contributed by atoms with van der Waals surface area (Å²) < 4.78 is 5.99. The molecule has 0 aliphatic heterocycles. The topological polar surface area (TPSA) is 83.8 Å². The molecule has 0 saturated heterocycles. The fourth-order valence-electron chi connectivity index (χ4n) is 3.37. The van der Waals surface area contributed by atoms with Gasteiger partial charge in [0.15, 0.2) is 0 Å². The molecule has 4 aromatic rings. The standard InChI is InChI=1S/C25H18O5/c26-24(27)19-12-13-21(25(28)29)22(14-19)18-10-8-16(9-11-18)15-30-23-7-3-5-17-4-1-2-6-20(17)23/h1-14H,15H2,(H,26,27)(H,28,29). The molecular weight excluding hydrogens is 380 g/mol. The number of benzene rings is 4. The van der Waals surface area contributed by atoms with Crippen LogP contribution in [0.3, 0.4) is 0 Å². The van der Waals surface area contributed by atoms with Crippen molar-refractivity contribution in [3.8, 4) is 16.9 Å². The zero-order valence-electron chi connectivity index (χ0n) is 15.9. The highest BCUT2D eigenvalue weighted by Gasteiger charge is 2.15. The molecule has 0 unspecified atom stereocenters. The summed E-state index contributed by atoms with van der Waals surface area (Å²) in [6.07, 6.45) is 0. The van der Waals surface area contributed by atoms with Crippen molar-refractivity contribution in [1.82, 2.24) is 0 Å². The summed E-state index contributed by atoms with van der Waals surface area (Å²) in [6.45, 7) is 0.356. The summed E-state index contributed by atoms with van der Waals surface area (Å²) in [5.41, 5.74) is 2.00. The van der Waals surface area contributed by atoms with Gasteiger partial charge < -0.3 is 14.9 Å². The Hall–Kier alpha value is -4.12. The number of hydrogen-bond acceptors (Lipinski definition) is 3. The molecule has 0 aliphatic rings. The molecule has 30 heavy (non-hydrogen) atoms. The van der Waals surface area contributed by atoms with Gasteiger partial charge >= 0.3 is 11.9 Å². The number of hydrogen-bond donors (Lipinski definition) is 2. The maximum atomic E-state index is 11.5. The first kappa shape index (κ1) is 19.2. The minimum Gasteiger partial charge on any atom is -0.488 e. The molecule has 0 heterocycles. The number of carbonyl (C=O) groups is 2. The van der Waals surface area contributed by atoms with Crippen LogP contribution in [0.1, 0.15) is 26.3 Å². The molecule has 4 aromatic carbocycles. The molecule has 2 N–H and O–H groups in total. The normalized spacial score (nSPS) is 10.7. The lowest BCUT2D eigenvalue weighted by atomic mass is 9.96. The first-order chi connectivity index (χ1) is 14.5. The molecule has 0 radical (unpaired) electrons. The van der Waals surface area contributed by atoms with E-state index in [0.717, 1.165) is 22.1 Å². The number of carboxylic acids is 2.